The molecule has 1 N–H and O–H groups in total. The van der Waals surface area contributed by atoms with Gasteiger partial charge in [0.05, 0.1) is 6.54 Å². The molecule has 2 heterocycles. The van der Waals surface area contributed by atoms with Crippen LogP contribution in [-0.4, -0.2) is 19.3 Å². The van der Waals surface area contributed by atoms with Gasteiger partial charge in [-0.3, -0.25) is 9.36 Å². The first-order chi connectivity index (χ1) is 8.49. The third kappa shape index (κ3) is 2.33. The van der Waals surface area contributed by atoms with Crippen molar-refractivity contribution in [1.82, 2.24) is 19.3 Å². The van der Waals surface area contributed by atoms with Crippen molar-refractivity contribution in [3.05, 3.63) is 36.9 Å². The zero-order valence-electron chi connectivity index (χ0n) is 10.3. The van der Waals surface area contributed by atoms with Crippen LogP contribution in [0.15, 0.2) is 15.8 Å². The normalized spacial score (nSPS) is 10.6. The summed E-state index contributed by atoms with van der Waals surface area (Å²) in [6.45, 7) is 2.38. The Labute approximate surface area is 107 Å². The molecule has 0 aromatic carbocycles. The molecule has 0 aliphatic heterocycles. The molecule has 0 unspecified atom stereocenters. The minimum absolute atomic E-state index is 0.146. The Bertz CT molecular complexity index is 684. The van der Waals surface area contributed by atoms with Gasteiger partial charge >= 0.3 is 5.69 Å². The first-order valence-corrected chi connectivity index (χ1v) is 6.10. The molecule has 0 spiro atoms. The highest BCUT2D eigenvalue weighted by Gasteiger charge is 2.08. The summed E-state index contributed by atoms with van der Waals surface area (Å²) in [7, 11) is 2.92. The molecule has 8 heteroatoms. The number of aryl methyl sites for hydroxylation is 2. The fraction of sp³-hybridized carbons (Fsp3) is 0.400. The van der Waals surface area contributed by atoms with E-state index < -0.39 is 11.2 Å². The van der Waals surface area contributed by atoms with E-state index in [-0.39, 0.29) is 5.82 Å². The summed E-state index contributed by atoms with van der Waals surface area (Å²) in [4.78, 5) is 28.5. The van der Waals surface area contributed by atoms with Crippen LogP contribution in [-0.2, 0) is 20.6 Å². The Hall–Kier alpha value is -1.96. The van der Waals surface area contributed by atoms with Gasteiger partial charge in [-0.05, 0) is 6.92 Å². The molecule has 0 atom stereocenters. The van der Waals surface area contributed by atoms with E-state index in [9.17, 15) is 9.59 Å². The molecular formula is C10H13N5O2S. The van der Waals surface area contributed by atoms with Gasteiger partial charge < -0.3 is 5.32 Å². The standard InChI is InChI=1S/C10H13N5O2S/c1-6-4-11-7(18-6)5-12-8-9(16)14(2)10(17)15(3)13-8/h4H,5H2,1-3H3,(H,12,13). The molecule has 18 heavy (non-hydrogen) atoms. The lowest BCUT2D eigenvalue weighted by atomic mass is 10.6. The molecule has 0 saturated carbocycles. The molecule has 0 amide bonds. The zero-order chi connectivity index (χ0) is 13.3. The van der Waals surface area contributed by atoms with Crippen molar-refractivity contribution in [3.63, 3.8) is 0 Å². The van der Waals surface area contributed by atoms with Crippen LogP contribution in [0.2, 0.25) is 0 Å². The van der Waals surface area contributed by atoms with Gasteiger partial charge in [0.25, 0.3) is 5.56 Å². The van der Waals surface area contributed by atoms with Gasteiger partial charge in [0, 0.05) is 25.2 Å². The number of thiazole rings is 1. The van der Waals surface area contributed by atoms with Crippen LogP contribution in [0.4, 0.5) is 5.82 Å². The topological polar surface area (TPSA) is 81.8 Å². The summed E-state index contributed by atoms with van der Waals surface area (Å²) in [6, 6.07) is 0. The summed E-state index contributed by atoms with van der Waals surface area (Å²) in [6.07, 6.45) is 1.77. The van der Waals surface area contributed by atoms with Crippen molar-refractivity contribution in [2.24, 2.45) is 14.1 Å². The van der Waals surface area contributed by atoms with Crippen LogP contribution in [0.5, 0.6) is 0 Å². The van der Waals surface area contributed by atoms with E-state index in [2.05, 4.69) is 15.4 Å². The first-order valence-electron chi connectivity index (χ1n) is 5.28. The smallest absolute Gasteiger partial charge is 0.346 e. The number of anilines is 1. The average molecular weight is 267 g/mol. The predicted octanol–water partition coefficient (Wildman–Crippen LogP) is -0.144. The van der Waals surface area contributed by atoms with Gasteiger partial charge in [-0.15, -0.1) is 16.4 Å². The summed E-state index contributed by atoms with van der Waals surface area (Å²) < 4.78 is 2.14. The number of nitrogens with zero attached hydrogens (tertiary/aromatic N) is 4. The quantitative estimate of drug-likeness (QED) is 0.836. The summed E-state index contributed by atoms with van der Waals surface area (Å²) in [5.74, 6) is 0.146. The number of hydrogen-bond acceptors (Lipinski definition) is 6. The van der Waals surface area contributed by atoms with Crippen LogP contribution in [0, 0.1) is 6.92 Å². The van der Waals surface area contributed by atoms with Gasteiger partial charge in [-0.1, -0.05) is 0 Å². The molecule has 0 fully saturated rings. The Morgan fingerprint density at radius 2 is 2.11 bits per heavy atom. The third-order valence-electron chi connectivity index (χ3n) is 2.40. The Balaban J connectivity index is 2.25. The van der Waals surface area contributed by atoms with Crippen molar-refractivity contribution >= 4 is 17.2 Å². The van der Waals surface area contributed by atoms with Crippen LogP contribution in [0.1, 0.15) is 9.88 Å². The van der Waals surface area contributed by atoms with Crippen LogP contribution < -0.4 is 16.6 Å². The molecule has 2 aromatic heterocycles. The monoisotopic (exact) mass is 267 g/mol. The Kier molecular flexibility index (Phi) is 3.28. The van der Waals surface area contributed by atoms with E-state index in [4.69, 9.17) is 0 Å². The van der Waals surface area contributed by atoms with Crippen LogP contribution in [0.25, 0.3) is 0 Å². The van der Waals surface area contributed by atoms with Gasteiger partial charge in [0.15, 0.2) is 0 Å². The largest absolute Gasteiger partial charge is 0.358 e. The van der Waals surface area contributed by atoms with E-state index >= 15 is 0 Å². The highest BCUT2D eigenvalue weighted by atomic mass is 32.1. The Morgan fingerprint density at radius 1 is 1.39 bits per heavy atom. The summed E-state index contributed by atoms with van der Waals surface area (Å²) in [5, 5.41) is 7.65. The maximum absolute atomic E-state index is 11.8. The van der Waals surface area contributed by atoms with E-state index in [1.165, 1.54) is 14.1 Å². The van der Waals surface area contributed by atoms with E-state index in [0.29, 0.717) is 6.54 Å². The van der Waals surface area contributed by atoms with Crippen molar-refractivity contribution in [2.45, 2.75) is 13.5 Å². The molecule has 2 rings (SSSR count). The molecule has 7 nitrogen and oxygen atoms in total. The predicted molar refractivity (Wildman–Crippen MR) is 68.9 cm³/mol. The molecular weight excluding hydrogens is 254 g/mol. The first kappa shape index (κ1) is 12.5. The number of hydrogen-bond donors (Lipinski definition) is 1. The van der Waals surface area contributed by atoms with Crippen LogP contribution >= 0.6 is 11.3 Å². The lowest BCUT2D eigenvalue weighted by Crippen LogP contribution is -2.39. The second kappa shape index (κ2) is 4.73. The van der Waals surface area contributed by atoms with Gasteiger partial charge in [0.1, 0.15) is 5.01 Å². The van der Waals surface area contributed by atoms with Crippen molar-refractivity contribution in [2.75, 3.05) is 5.32 Å². The number of aromatic nitrogens is 4. The second-order valence-corrected chi connectivity index (χ2v) is 5.16. The van der Waals surface area contributed by atoms with Crippen LogP contribution in [0.3, 0.4) is 0 Å². The van der Waals surface area contributed by atoms with Crippen molar-refractivity contribution < 1.29 is 0 Å². The fourth-order valence-electron chi connectivity index (χ4n) is 1.45. The molecule has 2 aromatic rings. The third-order valence-corrected chi connectivity index (χ3v) is 3.31. The Morgan fingerprint density at radius 3 is 2.72 bits per heavy atom. The average Bonchev–Trinajstić information content (AvgIpc) is 2.75. The number of nitrogens with one attached hydrogen (secondary N) is 1. The second-order valence-electron chi connectivity index (χ2n) is 3.84. The summed E-state index contributed by atoms with van der Waals surface area (Å²) in [5.41, 5.74) is -0.887. The highest BCUT2D eigenvalue weighted by Crippen LogP contribution is 2.11. The molecule has 0 radical (unpaired) electrons. The molecule has 0 aliphatic rings. The van der Waals surface area contributed by atoms with E-state index in [0.717, 1.165) is 19.1 Å². The minimum atomic E-state index is -0.448. The molecule has 0 saturated heterocycles. The minimum Gasteiger partial charge on any atom is -0.358 e. The number of rotatable bonds is 3. The lowest BCUT2D eigenvalue weighted by molar-refractivity contribution is 0.604. The molecule has 96 valence electrons. The van der Waals surface area contributed by atoms with Crippen molar-refractivity contribution in [1.29, 1.82) is 0 Å². The van der Waals surface area contributed by atoms with E-state index in [1.54, 1.807) is 17.5 Å². The highest BCUT2D eigenvalue weighted by molar-refractivity contribution is 7.11. The van der Waals surface area contributed by atoms with Gasteiger partial charge in [-0.2, -0.15) is 0 Å². The molecule has 0 bridgehead atoms. The van der Waals surface area contributed by atoms with Gasteiger partial charge in [0.2, 0.25) is 5.82 Å². The summed E-state index contributed by atoms with van der Waals surface area (Å²) >= 11 is 1.55. The van der Waals surface area contributed by atoms with E-state index in [1.807, 2.05) is 6.92 Å². The molecule has 0 aliphatic carbocycles. The maximum Gasteiger partial charge on any atom is 0.346 e. The van der Waals surface area contributed by atoms with Gasteiger partial charge in [-0.25, -0.2) is 14.5 Å². The lowest BCUT2D eigenvalue weighted by Gasteiger charge is -2.06. The fourth-order valence-corrected chi connectivity index (χ4v) is 2.18. The SMILES string of the molecule is Cc1cnc(CNc2nn(C)c(=O)n(C)c2=O)s1. The van der Waals surface area contributed by atoms with Crippen molar-refractivity contribution in [3.8, 4) is 0 Å². The maximum atomic E-state index is 11.8. The zero-order valence-corrected chi connectivity index (χ0v) is 11.1.